The number of urea groups is 1. The van der Waals surface area contributed by atoms with Crippen molar-refractivity contribution in [2.45, 2.75) is 39.2 Å². The lowest BCUT2D eigenvalue weighted by Gasteiger charge is -2.34. The number of nitrogens with one attached hydrogen (secondary N) is 1. The van der Waals surface area contributed by atoms with Gasteiger partial charge in [0, 0.05) is 13.1 Å². The Morgan fingerprint density at radius 3 is 2.15 bits per heavy atom. The molecule has 0 aromatic heterocycles. The number of amides is 2. The molecule has 0 aliphatic carbocycles. The predicted molar refractivity (Wildman–Crippen MR) is 71.3 cm³/mol. The van der Waals surface area contributed by atoms with E-state index in [0.717, 1.165) is 12.8 Å². The average molecular weight is 286 g/mol. The predicted octanol–water partition coefficient (Wildman–Crippen LogP) is 0.992. The van der Waals surface area contributed by atoms with Gasteiger partial charge < -0.3 is 20.4 Å². The molecule has 0 aromatic rings. The summed E-state index contributed by atoms with van der Waals surface area (Å²) in [6.45, 7) is 5.45. The molecule has 20 heavy (non-hydrogen) atoms. The van der Waals surface area contributed by atoms with Crippen LogP contribution in [0, 0.1) is 11.8 Å². The number of hydrogen-bond acceptors (Lipinski definition) is 3. The monoisotopic (exact) mass is 286 g/mol. The van der Waals surface area contributed by atoms with E-state index in [1.165, 1.54) is 0 Å². The smallest absolute Gasteiger partial charge is 0.326 e. The van der Waals surface area contributed by atoms with Crippen LogP contribution < -0.4 is 5.32 Å². The minimum atomic E-state index is -1.39. The summed E-state index contributed by atoms with van der Waals surface area (Å²) in [5.74, 6) is -1.44. The zero-order valence-corrected chi connectivity index (χ0v) is 11.8. The summed E-state index contributed by atoms with van der Waals surface area (Å²) >= 11 is 0. The van der Waals surface area contributed by atoms with E-state index in [2.05, 4.69) is 19.2 Å². The topological polar surface area (TPSA) is 107 Å². The number of carbonyl (C=O) groups is 3. The molecular weight excluding hydrogens is 264 g/mol. The molecule has 1 heterocycles. The van der Waals surface area contributed by atoms with Crippen LogP contribution in [0.15, 0.2) is 0 Å². The third-order valence-electron chi connectivity index (χ3n) is 3.74. The first-order chi connectivity index (χ1) is 9.31. The van der Waals surface area contributed by atoms with Crippen molar-refractivity contribution in [3.63, 3.8) is 0 Å². The van der Waals surface area contributed by atoms with E-state index in [1.807, 2.05) is 0 Å². The fourth-order valence-electron chi connectivity index (χ4n) is 2.38. The largest absolute Gasteiger partial charge is 0.481 e. The number of nitrogens with zero attached hydrogens (tertiary/aromatic N) is 1. The first kappa shape index (κ1) is 16.3. The lowest BCUT2D eigenvalue weighted by molar-refractivity contribution is -0.145. The number of aliphatic carboxylic acids is 2. The first-order valence-corrected chi connectivity index (χ1v) is 6.81. The van der Waals surface area contributed by atoms with Gasteiger partial charge in [-0.15, -0.1) is 0 Å². The number of carboxylic acids is 2. The van der Waals surface area contributed by atoms with E-state index in [0.29, 0.717) is 24.9 Å². The molecule has 7 nitrogen and oxygen atoms in total. The Bertz CT molecular complexity index is 375. The maximum atomic E-state index is 11.9. The SMILES string of the molecule is CC(C)C1CCN(C(=O)N[C@@H](CC(=O)O)C(=O)O)CC1. The third kappa shape index (κ3) is 4.71. The van der Waals surface area contributed by atoms with Crippen molar-refractivity contribution in [2.75, 3.05) is 13.1 Å². The third-order valence-corrected chi connectivity index (χ3v) is 3.74. The molecule has 1 rings (SSSR count). The van der Waals surface area contributed by atoms with Gasteiger partial charge in [0.1, 0.15) is 6.04 Å². The molecule has 0 spiro atoms. The van der Waals surface area contributed by atoms with Gasteiger partial charge in [0.2, 0.25) is 0 Å². The molecule has 3 N–H and O–H groups in total. The molecule has 2 amide bonds. The zero-order valence-electron chi connectivity index (χ0n) is 11.8. The number of carbonyl (C=O) groups excluding carboxylic acids is 1. The summed E-state index contributed by atoms with van der Waals surface area (Å²) < 4.78 is 0. The highest BCUT2D eigenvalue weighted by atomic mass is 16.4. The highest BCUT2D eigenvalue weighted by molar-refractivity contribution is 5.86. The molecule has 114 valence electrons. The van der Waals surface area contributed by atoms with Crippen molar-refractivity contribution in [1.82, 2.24) is 10.2 Å². The number of likely N-dealkylation sites (tertiary alicyclic amines) is 1. The fourth-order valence-corrected chi connectivity index (χ4v) is 2.38. The van der Waals surface area contributed by atoms with Gasteiger partial charge in [0.25, 0.3) is 0 Å². The van der Waals surface area contributed by atoms with E-state index < -0.39 is 30.4 Å². The maximum Gasteiger partial charge on any atom is 0.326 e. The molecule has 7 heteroatoms. The van der Waals surface area contributed by atoms with Gasteiger partial charge in [0.15, 0.2) is 0 Å². The van der Waals surface area contributed by atoms with Crippen LogP contribution in [0.1, 0.15) is 33.1 Å². The molecule has 1 aliphatic heterocycles. The van der Waals surface area contributed by atoms with Gasteiger partial charge in [-0.05, 0) is 24.7 Å². The van der Waals surface area contributed by atoms with Crippen LogP contribution >= 0.6 is 0 Å². The Kier molecular flexibility index (Phi) is 5.79. The van der Waals surface area contributed by atoms with Crippen LogP contribution in [0.2, 0.25) is 0 Å². The Labute approximate surface area is 117 Å². The first-order valence-electron chi connectivity index (χ1n) is 6.81. The quantitative estimate of drug-likeness (QED) is 0.698. The van der Waals surface area contributed by atoms with Crippen molar-refractivity contribution in [1.29, 1.82) is 0 Å². The van der Waals surface area contributed by atoms with Crippen LogP contribution in [-0.4, -0.2) is 52.2 Å². The summed E-state index contributed by atoms with van der Waals surface area (Å²) in [5.41, 5.74) is 0. The van der Waals surface area contributed by atoms with Crippen LogP contribution in [-0.2, 0) is 9.59 Å². The summed E-state index contributed by atoms with van der Waals surface area (Å²) in [6, 6.07) is -1.89. The van der Waals surface area contributed by atoms with Crippen molar-refractivity contribution in [3.05, 3.63) is 0 Å². The number of rotatable bonds is 5. The molecule has 0 aromatic carbocycles. The summed E-state index contributed by atoms with van der Waals surface area (Å²) in [7, 11) is 0. The van der Waals surface area contributed by atoms with Gasteiger partial charge >= 0.3 is 18.0 Å². The van der Waals surface area contributed by atoms with Gasteiger partial charge in [-0.1, -0.05) is 13.8 Å². The normalized spacial score (nSPS) is 17.9. The average Bonchev–Trinajstić information content (AvgIpc) is 2.37. The van der Waals surface area contributed by atoms with E-state index in [9.17, 15) is 14.4 Å². The van der Waals surface area contributed by atoms with Crippen LogP contribution in [0.25, 0.3) is 0 Å². The molecule has 1 atom stereocenters. The lowest BCUT2D eigenvalue weighted by Crippen LogP contribution is -2.51. The van der Waals surface area contributed by atoms with Crippen molar-refractivity contribution < 1.29 is 24.6 Å². The molecular formula is C13H22N2O5. The van der Waals surface area contributed by atoms with E-state index in [-0.39, 0.29) is 0 Å². The minimum absolute atomic E-state index is 0.499. The Morgan fingerprint density at radius 1 is 1.20 bits per heavy atom. The molecule has 1 fully saturated rings. The van der Waals surface area contributed by atoms with Crippen molar-refractivity contribution in [3.8, 4) is 0 Å². The molecule has 0 radical (unpaired) electrons. The summed E-state index contributed by atoms with van der Waals surface area (Å²) in [6.07, 6.45) is 1.16. The minimum Gasteiger partial charge on any atom is -0.481 e. The number of piperidine rings is 1. The van der Waals surface area contributed by atoms with Crippen LogP contribution in [0.4, 0.5) is 4.79 Å². The molecule has 0 unspecified atom stereocenters. The second-order valence-corrected chi connectivity index (χ2v) is 5.51. The Balaban J connectivity index is 2.50. The Morgan fingerprint density at radius 2 is 1.75 bits per heavy atom. The molecule has 1 aliphatic rings. The lowest BCUT2D eigenvalue weighted by atomic mass is 9.87. The second-order valence-electron chi connectivity index (χ2n) is 5.51. The van der Waals surface area contributed by atoms with Crippen molar-refractivity contribution >= 4 is 18.0 Å². The van der Waals surface area contributed by atoms with Gasteiger partial charge in [0.05, 0.1) is 6.42 Å². The van der Waals surface area contributed by atoms with Crippen LogP contribution in [0.5, 0.6) is 0 Å². The van der Waals surface area contributed by atoms with Crippen LogP contribution in [0.3, 0.4) is 0 Å². The Hall–Kier alpha value is -1.79. The molecule has 0 bridgehead atoms. The number of carboxylic acid groups (broad SMARTS) is 2. The highest BCUT2D eigenvalue weighted by Gasteiger charge is 2.28. The zero-order chi connectivity index (χ0) is 15.3. The standard InChI is InChI=1S/C13H22N2O5/c1-8(2)9-3-5-15(6-4-9)13(20)14-10(12(18)19)7-11(16)17/h8-10H,3-7H2,1-2H3,(H,14,20)(H,16,17)(H,18,19)/t10-/m0/s1. The fraction of sp³-hybridized carbons (Fsp3) is 0.769. The molecule has 0 saturated carbocycles. The second kappa shape index (κ2) is 7.12. The highest BCUT2D eigenvalue weighted by Crippen LogP contribution is 2.24. The van der Waals surface area contributed by atoms with Crippen molar-refractivity contribution in [2.24, 2.45) is 11.8 Å². The van der Waals surface area contributed by atoms with Gasteiger partial charge in [-0.25, -0.2) is 9.59 Å². The van der Waals surface area contributed by atoms with Gasteiger partial charge in [-0.2, -0.15) is 0 Å². The number of hydrogen-bond donors (Lipinski definition) is 3. The van der Waals surface area contributed by atoms with Gasteiger partial charge in [-0.3, -0.25) is 4.79 Å². The maximum absolute atomic E-state index is 11.9. The summed E-state index contributed by atoms with van der Waals surface area (Å²) in [5, 5.41) is 19.8. The molecule has 1 saturated heterocycles. The van der Waals surface area contributed by atoms with E-state index in [1.54, 1.807) is 4.90 Å². The van der Waals surface area contributed by atoms with E-state index >= 15 is 0 Å². The summed E-state index contributed by atoms with van der Waals surface area (Å²) in [4.78, 5) is 34.9. The van der Waals surface area contributed by atoms with E-state index in [4.69, 9.17) is 10.2 Å².